The van der Waals surface area contributed by atoms with Crippen molar-refractivity contribution in [3.8, 4) is 40.2 Å². The highest BCUT2D eigenvalue weighted by molar-refractivity contribution is 6.32. The summed E-state index contributed by atoms with van der Waals surface area (Å²) in [6, 6.07) is 24.7. The maximum absolute atomic E-state index is 11.9. The highest BCUT2D eigenvalue weighted by Gasteiger charge is 2.46. The predicted octanol–water partition coefficient (Wildman–Crippen LogP) is 6.06. The van der Waals surface area contributed by atoms with Gasteiger partial charge in [-0.15, -0.1) is 0 Å². The molecule has 2 heterocycles. The number of benzene rings is 4. The monoisotopic (exact) mass is 626 g/mol. The van der Waals surface area contributed by atoms with Crippen LogP contribution in [0.2, 0.25) is 5.02 Å². The lowest BCUT2D eigenvalue weighted by Crippen LogP contribution is -2.65. The topological polar surface area (TPSA) is 119 Å². The van der Waals surface area contributed by atoms with Crippen molar-refractivity contribution in [1.29, 1.82) is 5.26 Å². The van der Waals surface area contributed by atoms with Crippen molar-refractivity contribution in [2.45, 2.75) is 32.2 Å². The average Bonchev–Trinajstić information content (AvgIpc) is 3.03. The quantitative estimate of drug-likeness (QED) is 0.205. The van der Waals surface area contributed by atoms with Gasteiger partial charge in [0.2, 0.25) is 0 Å². The van der Waals surface area contributed by atoms with Crippen molar-refractivity contribution >= 4 is 17.6 Å². The number of fused-ring (bicyclic) bond motifs is 1. The fourth-order valence-electron chi connectivity index (χ4n) is 5.24. The van der Waals surface area contributed by atoms with E-state index in [9.17, 15) is 15.2 Å². The second-order valence-electron chi connectivity index (χ2n) is 11.0. The molecule has 0 amide bonds. The summed E-state index contributed by atoms with van der Waals surface area (Å²) in [4.78, 5) is 11.9. The number of aliphatic carboxylic acids is 1. The van der Waals surface area contributed by atoms with Gasteiger partial charge in [0.15, 0.2) is 17.0 Å². The lowest BCUT2D eigenvalue weighted by Gasteiger charge is -2.38. The van der Waals surface area contributed by atoms with Crippen LogP contribution in [0.15, 0.2) is 72.8 Å². The van der Waals surface area contributed by atoms with Crippen LogP contribution in [-0.4, -0.2) is 43.0 Å². The fourth-order valence-corrected chi connectivity index (χ4v) is 5.48. The van der Waals surface area contributed by atoms with Gasteiger partial charge in [-0.05, 0) is 65.1 Å². The predicted molar refractivity (Wildman–Crippen MR) is 167 cm³/mol. The summed E-state index contributed by atoms with van der Waals surface area (Å²) in [5.41, 5.74) is 4.94. The second kappa shape index (κ2) is 13.1. The first-order chi connectivity index (χ1) is 21.8. The molecule has 9 nitrogen and oxygen atoms in total. The van der Waals surface area contributed by atoms with Crippen LogP contribution in [0, 0.1) is 18.3 Å². The normalized spacial score (nSPS) is 14.6. The van der Waals surface area contributed by atoms with Crippen LogP contribution < -0.4 is 24.3 Å². The molecule has 0 saturated carbocycles. The smallest absolute Gasteiger partial charge is 0.328 e. The summed E-state index contributed by atoms with van der Waals surface area (Å²) >= 11 is 6.71. The van der Waals surface area contributed by atoms with E-state index in [1.807, 2.05) is 43.3 Å². The first-order valence-corrected chi connectivity index (χ1v) is 14.8. The Bertz CT molecular complexity index is 1780. The van der Waals surface area contributed by atoms with E-state index in [0.29, 0.717) is 40.9 Å². The van der Waals surface area contributed by atoms with Crippen LogP contribution in [0.3, 0.4) is 0 Å². The number of ether oxygens (including phenoxy) is 5. The molecule has 0 spiro atoms. The molecular weight excluding hydrogens is 596 g/mol. The molecule has 0 aromatic heterocycles. The minimum absolute atomic E-state index is 0.0685. The van der Waals surface area contributed by atoms with Gasteiger partial charge in [0.05, 0.1) is 29.9 Å². The highest BCUT2D eigenvalue weighted by Crippen LogP contribution is 2.38. The van der Waals surface area contributed by atoms with Crippen LogP contribution in [0.1, 0.15) is 27.8 Å². The van der Waals surface area contributed by atoms with Crippen LogP contribution in [-0.2, 0) is 29.3 Å². The summed E-state index contributed by atoms with van der Waals surface area (Å²) in [6.07, 6.45) is 0. The van der Waals surface area contributed by atoms with E-state index in [4.69, 9.17) is 35.3 Å². The minimum atomic E-state index is -1.17. The van der Waals surface area contributed by atoms with Crippen LogP contribution in [0.4, 0.5) is 0 Å². The zero-order valence-electron chi connectivity index (χ0n) is 24.6. The Hall–Kier alpha value is -4.75. The van der Waals surface area contributed by atoms with Gasteiger partial charge in [-0.2, -0.15) is 5.26 Å². The van der Waals surface area contributed by atoms with E-state index < -0.39 is 11.5 Å². The Kier molecular flexibility index (Phi) is 8.80. The molecule has 0 aliphatic carbocycles. The third kappa shape index (κ3) is 6.54. The van der Waals surface area contributed by atoms with E-state index in [-0.39, 0.29) is 33.0 Å². The average molecular weight is 627 g/mol. The standard InChI is InChI=1S/C35H31ClN2O7/c1-22-26(6-3-7-28(22)25-8-9-30-33(14-25)43-11-10-42-30)19-45-32-15-31(44-18-24-5-2-4-23(12-24)16-37)27(13-29(32)36)17-38-35(34(39)40)20-41-21-35/h2-9,12-15,38H,10-11,17-21H2,1H3,(H,39,40). The molecule has 0 radical (unpaired) electrons. The molecule has 0 unspecified atom stereocenters. The maximum atomic E-state index is 11.9. The zero-order valence-corrected chi connectivity index (χ0v) is 25.4. The number of carboxylic acids is 1. The van der Waals surface area contributed by atoms with Crippen molar-refractivity contribution in [2.75, 3.05) is 26.4 Å². The molecule has 4 aromatic rings. The first-order valence-electron chi connectivity index (χ1n) is 14.5. The lowest BCUT2D eigenvalue weighted by molar-refractivity contribution is -0.166. The Morgan fingerprint density at radius 2 is 1.73 bits per heavy atom. The van der Waals surface area contributed by atoms with Crippen molar-refractivity contribution in [3.05, 3.63) is 106 Å². The van der Waals surface area contributed by atoms with Gasteiger partial charge in [-0.3, -0.25) is 10.1 Å². The molecular formula is C35H31ClN2O7. The summed E-state index contributed by atoms with van der Waals surface area (Å²) in [5.74, 6) is 1.39. The number of hydrogen-bond acceptors (Lipinski definition) is 8. The molecule has 6 rings (SSSR count). The highest BCUT2D eigenvalue weighted by atomic mass is 35.5. The number of halogens is 1. The van der Waals surface area contributed by atoms with Crippen LogP contribution in [0.5, 0.6) is 23.0 Å². The van der Waals surface area contributed by atoms with E-state index >= 15 is 0 Å². The number of nitriles is 1. The summed E-state index contributed by atoms with van der Waals surface area (Å²) in [5, 5.41) is 22.5. The number of nitrogens with one attached hydrogen (secondary N) is 1. The number of nitrogens with zero attached hydrogens (tertiary/aromatic N) is 1. The second-order valence-corrected chi connectivity index (χ2v) is 11.4. The van der Waals surface area contributed by atoms with Gasteiger partial charge >= 0.3 is 5.97 Å². The molecule has 0 bridgehead atoms. The maximum Gasteiger partial charge on any atom is 0.328 e. The van der Waals surface area contributed by atoms with Crippen LogP contribution >= 0.6 is 11.6 Å². The number of rotatable bonds is 11. The number of carbonyl (C=O) groups is 1. The summed E-state index contributed by atoms with van der Waals surface area (Å²) in [7, 11) is 0. The van der Waals surface area contributed by atoms with Gasteiger partial charge in [0.1, 0.15) is 37.9 Å². The molecule has 2 N–H and O–H groups in total. The number of hydrogen-bond donors (Lipinski definition) is 2. The Balaban J connectivity index is 1.23. The summed E-state index contributed by atoms with van der Waals surface area (Å²) in [6.45, 7) is 3.87. The lowest BCUT2D eigenvalue weighted by atomic mass is 9.96. The Morgan fingerprint density at radius 3 is 2.49 bits per heavy atom. The fraction of sp³-hybridized carbons (Fsp3) is 0.257. The van der Waals surface area contributed by atoms with Gasteiger partial charge < -0.3 is 28.8 Å². The molecule has 10 heteroatoms. The van der Waals surface area contributed by atoms with Crippen molar-refractivity contribution in [3.63, 3.8) is 0 Å². The minimum Gasteiger partial charge on any atom is -0.488 e. The third-order valence-electron chi connectivity index (χ3n) is 7.97. The Labute approximate surface area is 265 Å². The molecule has 2 aliphatic heterocycles. The SMILES string of the molecule is Cc1c(COc2cc(OCc3cccc(C#N)c3)c(CNC3(C(=O)O)COC3)cc2Cl)cccc1-c1ccc2c(c1)OCCO2. The van der Waals surface area contributed by atoms with Gasteiger partial charge in [-0.1, -0.05) is 48.0 Å². The molecule has 4 aromatic carbocycles. The molecule has 45 heavy (non-hydrogen) atoms. The zero-order chi connectivity index (χ0) is 31.4. The largest absolute Gasteiger partial charge is 0.488 e. The van der Waals surface area contributed by atoms with Crippen molar-refractivity contribution in [1.82, 2.24) is 5.32 Å². The summed E-state index contributed by atoms with van der Waals surface area (Å²) < 4.78 is 29.1. The van der Waals surface area contributed by atoms with E-state index in [1.165, 1.54) is 0 Å². The molecule has 1 saturated heterocycles. The van der Waals surface area contributed by atoms with Gasteiger partial charge in [0, 0.05) is 18.2 Å². The Morgan fingerprint density at radius 1 is 0.956 bits per heavy atom. The first kappa shape index (κ1) is 30.3. The molecule has 230 valence electrons. The molecule has 2 aliphatic rings. The van der Waals surface area contributed by atoms with Gasteiger partial charge in [0.25, 0.3) is 0 Å². The van der Waals surface area contributed by atoms with Crippen molar-refractivity contribution < 1.29 is 33.6 Å². The van der Waals surface area contributed by atoms with Crippen LogP contribution in [0.25, 0.3) is 11.1 Å². The van der Waals surface area contributed by atoms with E-state index in [2.05, 4.69) is 17.5 Å². The van der Waals surface area contributed by atoms with Gasteiger partial charge in [-0.25, -0.2) is 0 Å². The van der Waals surface area contributed by atoms with E-state index in [1.54, 1.807) is 30.3 Å². The molecule has 1 fully saturated rings. The third-order valence-corrected chi connectivity index (χ3v) is 8.27. The van der Waals surface area contributed by atoms with E-state index in [0.717, 1.165) is 39.3 Å². The number of carboxylic acid groups (broad SMARTS) is 1. The van der Waals surface area contributed by atoms with Crippen molar-refractivity contribution in [2.24, 2.45) is 0 Å². The molecule has 0 atom stereocenters.